The molecule has 2 rings (SSSR count). The van der Waals surface area contributed by atoms with Crippen molar-refractivity contribution >= 4 is 42.1 Å². The summed E-state index contributed by atoms with van der Waals surface area (Å²) >= 11 is 1.51. The van der Waals surface area contributed by atoms with Gasteiger partial charge in [0.25, 0.3) is 5.91 Å². The fraction of sp³-hybridized carbons (Fsp3) is 0.375. The lowest BCUT2D eigenvalue weighted by molar-refractivity contribution is 0.0915. The monoisotopic (exact) mass is 407 g/mol. The third kappa shape index (κ3) is 6.70. The smallest absolute Gasteiger partial charge is 0.251 e. The number of rotatable bonds is 7. The van der Waals surface area contributed by atoms with E-state index < -0.39 is 5.54 Å². The first-order valence-corrected chi connectivity index (χ1v) is 8.10. The van der Waals surface area contributed by atoms with Crippen LogP contribution in [-0.4, -0.2) is 30.1 Å². The van der Waals surface area contributed by atoms with Crippen LogP contribution >= 0.6 is 36.2 Å². The summed E-state index contributed by atoms with van der Waals surface area (Å²) in [5.41, 5.74) is 8.26. The molecule has 1 heterocycles. The van der Waals surface area contributed by atoms with Crippen molar-refractivity contribution in [1.82, 2.24) is 10.3 Å². The van der Waals surface area contributed by atoms with Crippen molar-refractivity contribution in [2.75, 3.05) is 13.7 Å². The topological polar surface area (TPSA) is 86.5 Å². The Morgan fingerprint density at radius 1 is 1.32 bits per heavy atom. The minimum Gasteiger partial charge on any atom is -0.493 e. The SMILES string of the molecule is COc1cc(C(=O)NC(C)(C)CN)ccc1OCc1cscn1.Cl.Cl. The lowest BCUT2D eigenvalue weighted by atomic mass is 10.1. The van der Waals surface area contributed by atoms with E-state index in [2.05, 4.69) is 10.3 Å². The van der Waals surface area contributed by atoms with E-state index in [4.69, 9.17) is 15.2 Å². The van der Waals surface area contributed by atoms with Gasteiger partial charge in [-0.05, 0) is 32.0 Å². The minimum atomic E-state index is -0.468. The molecule has 25 heavy (non-hydrogen) atoms. The molecule has 9 heteroatoms. The average Bonchev–Trinajstić information content (AvgIpc) is 3.05. The van der Waals surface area contributed by atoms with Crippen LogP contribution in [0.5, 0.6) is 11.5 Å². The lowest BCUT2D eigenvalue weighted by Crippen LogP contribution is -2.48. The Balaban J connectivity index is 0.00000288. The van der Waals surface area contributed by atoms with E-state index in [1.165, 1.54) is 18.4 Å². The maximum Gasteiger partial charge on any atom is 0.251 e. The first-order valence-electron chi connectivity index (χ1n) is 7.15. The highest BCUT2D eigenvalue weighted by Crippen LogP contribution is 2.29. The second-order valence-electron chi connectivity index (χ2n) is 5.68. The normalized spacial score (nSPS) is 10.2. The molecule has 0 aliphatic rings. The molecule has 3 N–H and O–H groups in total. The molecule has 6 nitrogen and oxygen atoms in total. The zero-order valence-electron chi connectivity index (χ0n) is 14.3. The van der Waals surface area contributed by atoms with Gasteiger partial charge >= 0.3 is 0 Å². The number of amides is 1. The molecule has 0 atom stereocenters. The van der Waals surface area contributed by atoms with E-state index in [0.717, 1.165) is 5.69 Å². The van der Waals surface area contributed by atoms with Crippen molar-refractivity contribution in [3.8, 4) is 11.5 Å². The molecule has 0 spiro atoms. The van der Waals surface area contributed by atoms with Crippen LogP contribution in [0.1, 0.15) is 29.9 Å². The van der Waals surface area contributed by atoms with Crippen LogP contribution < -0.4 is 20.5 Å². The number of hydrogen-bond acceptors (Lipinski definition) is 6. The Labute approximate surface area is 163 Å². The zero-order valence-corrected chi connectivity index (χ0v) is 16.7. The van der Waals surface area contributed by atoms with Gasteiger partial charge in [0.15, 0.2) is 11.5 Å². The Hall–Kier alpha value is -1.54. The quantitative estimate of drug-likeness (QED) is 0.736. The van der Waals surface area contributed by atoms with Gasteiger partial charge < -0.3 is 20.5 Å². The molecule has 0 saturated carbocycles. The summed E-state index contributed by atoms with van der Waals surface area (Å²) in [5.74, 6) is 0.860. The average molecular weight is 408 g/mol. The summed E-state index contributed by atoms with van der Waals surface area (Å²) in [7, 11) is 1.54. The van der Waals surface area contributed by atoms with E-state index in [-0.39, 0.29) is 30.7 Å². The number of nitrogens with two attached hydrogens (primary N) is 1. The van der Waals surface area contributed by atoms with Crippen LogP contribution in [0.3, 0.4) is 0 Å². The maximum absolute atomic E-state index is 12.3. The van der Waals surface area contributed by atoms with Crippen LogP contribution in [0.15, 0.2) is 29.1 Å². The molecule has 0 saturated heterocycles. The summed E-state index contributed by atoms with van der Waals surface area (Å²) < 4.78 is 11.0. The zero-order chi connectivity index (χ0) is 16.9. The second-order valence-corrected chi connectivity index (χ2v) is 6.39. The first-order chi connectivity index (χ1) is 10.9. The van der Waals surface area contributed by atoms with Crippen LogP contribution in [0, 0.1) is 0 Å². The summed E-state index contributed by atoms with van der Waals surface area (Å²) in [6.45, 7) is 4.44. The van der Waals surface area contributed by atoms with Gasteiger partial charge in [-0.1, -0.05) is 0 Å². The Bertz CT molecular complexity index is 667. The number of nitrogens with zero attached hydrogens (tertiary/aromatic N) is 1. The maximum atomic E-state index is 12.3. The highest BCUT2D eigenvalue weighted by atomic mass is 35.5. The van der Waals surface area contributed by atoms with Crippen LogP contribution in [0.25, 0.3) is 0 Å². The number of aromatic nitrogens is 1. The Kier molecular flexibility index (Phi) is 9.81. The number of benzene rings is 1. The predicted octanol–water partition coefficient (Wildman–Crippen LogP) is 3.04. The summed E-state index contributed by atoms with van der Waals surface area (Å²) in [4.78, 5) is 16.4. The minimum absolute atomic E-state index is 0. The third-order valence-electron chi connectivity index (χ3n) is 3.25. The Morgan fingerprint density at radius 2 is 2.04 bits per heavy atom. The highest BCUT2D eigenvalue weighted by molar-refractivity contribution is 7.07. The molecule has 1 aromatic carbocycles. The summed E-state index contributed by atoms with van der Waals surface area (Å²) in [5, 5.41) is 4.80. The van der Waals surface area contributed by atoms with Crippen LogP contribution in [-0.2, 0) is 6.61 Å². The van der Waals surface area contributed by atoms with Crippen molar-refractivity contribution in [3.05, 3.63) is 40.3 Å². The van der Waals surface area contributed by atoms with Gasteiger partial charge in [0.1, 0.15) is 6.61 Å². The van der Waals surface area contributed by atoms with Gasteiger partial charge in [-0.3, -0.25) is 4.79 Å². The number of carbonyl (C=O) groups excluding carboxylic acids is 1. The number of methoxy groups -OCH3 is 1. The Morgan fingerprint density at radius 3 is 2.60 bits per heavy atom. The lowest BCUT2D eigenvalue weighted by Gasteiger charge is -2.24. The van der Waals surface area contributed by atoms with E-state index in [1.54, 1.807) is 23.7 Å². The third-order valence-corrected chi connectivity index (χ3v) is 3.88. The number of hydrogen-bond donors (Lipinski definition) is 2. The molecular weight excluding hydrogens is 385 g/mol. The first kappa shape index (κ1) is 23.5. The molecule has 1 amide bonds. The van der Waals surface area contributed by atoms with Crippen molar-refractivity contribution in [2.24, 2.45) is 5.73 Å². The molecule has 0 bridgehead atoms. The van der Waals surface area contributed by atoms with Crippen molar-refractivity contribution in [3.63, 3.8) is 0 Å². The molecule has 0 aliphatic carbocycles. The molecular formula is C16H23Cl2N3O3S. The summed E-state index contributed by atoms with van der Waals surface area (Å²) in [6.07, 6.45) is 0. The van der Waals surface area contributed by atoms with E-state index in [0.29, 0.717) is 30.2 Å². The van der Waals surface area contributed by atoms with E-state index in [1.807, 2.05) is 19.2 Å². The van der Waals surface area contributed by atoms with Gasteiger partial charge in [0, 0.05) is 23.0 Å². The largest absolute Gasteiger partial charge is 0.493 e. The number of thiazole rings is 1. The van der Waals surface area contributed by atoms with Crippen LogP contribution in [0.4, 0.5) is 0 Å². The van der Waals surface area contributed by atoms with E-state index >= 15 is 0 Å². The molecule has 0 aliphatic heterocycles. The number of ether oxygens (including phenoxy) is 2. The van der Waals surface area contributed by atoms with Gasteiger partial charge in [0.05, 0.1) is 18.3 Å². The molecule has 140 valence electrons. The highest BCUT2D eigenvalue weighted by Gasteiger charge is 2.20. The molecule has 0 fully saturated rings. The fourth-order valence-electron chi connectivity index (χ4n) is 1.82. The standard InChI is InChI=1S/C16H21N3O3S.2ClH/c1-16(2,9-17)19-15(20)11-4-5-13(14(6-11)21-3)22-7-12-8-23-10-18-12;;/h4-6,8,10H,7,9,17H2,1-3H3,(H,19,20);2*1H. The predicted molar refractivity (Wildman–Crippen MR) is 105 cm³/mol. The van der Waals surface area contributed by atoms with Crippen molar-refractivity contribution in [2.45, 2.75) is 26.0 Å². The number of nitrogens with one attached hydrogen (secondary N) is 1. The number of halogens is 2. The van der Waals surface area contributed by atoms with Crippen molar-refractivity contribution < 1.29 is 14.3 Å². The van der Waals surface area contributed by atoms with Gasteiger partial charge in [-0.25, -0.2) is 4.98 Å². The molecule has 0 unspecified atom stereocenters. The number of carbonyl (C=O) groups is 1. The summed E-state index contributed by atoms with van der Waals surface area (Å²) in [6, 6.07) is 5.06. The molecule has 0 radical (unpaired) electrons. The van der Waals surface area contributed by atoms with Gasteiger partial charge in [-0.2, -0.15) is 0 Å². The molecule has 1 aromatic heterocycles. The van der Waals surface area contributed by atoms with Crippen LogP contribution in [0.2, 0.25) is 0 Å². The fourth-order valence-corrected chi connectivity index (χ4v) is 2.36. The van der Waals surface area contributed by atoms with Gasteiger partial charge in [-0.15, -0.1) is 36.2 Å². The van der Waals surface area contributed by atoms with E-state index in [9.17, 15) is 4.79 Å². The molecule has 2 aromatic rings. The van der Waals surface area contributed by atoms with Crippen molar-refractivity contribution in [1.29, 1.82) is 0 Å². The van der Waals surface area contributed by atoms with Gasteiger partial charge in [0.2, 0.25) is 0 Å². The second kappa shape index (κ2) is 10.5.